The lowest BCUT2D eigenvalue weighted by Crippen LogP contribution is -2.19. The van der Waals surface area contributed by atoms with E-state index < -0.39 is 11.8 Å². The highest BCUT2D eigenvalue weighted by Gasteiger charge is 2.07. The van der Waals surface area contributed by atoms with Crippen molar-refractivity contribution in [2.45, 2.75) is 0 Å². The average molecular weight is 374 g/mol. The molecule has 0 unspecified atom stereocenters. The summed E-state index contributed by atoms with van der Waals surface area (Å²) in [5, 5.41) is 5.60. The summed E-state index contributed by atoms with van der Waals surface area (Å²) in [6, 6.07) is 8.39. The van der Waals surface area contributed by atoms with Gasteiger partial charge in [0.1, 0.15) is 11.6 Å². The molecule has 2 aromatic rings. The SMILES string of the molecule is COc1cc(F)cc(NC(=O)Nc2cc(Cl)cc(Br)c2)c1. The van der Waals surface area contributed by atoms with Gasteiger partial charge in [0.25, 0.3) is 0 Å². The number of anilines is 2. The summed E-state index contributed by atoms with van der Waals surface area (Å²) in [5.74, 6) is -0.189. The molecule has 0 aliphatic carbocycles. The molecule has 0 saturated heterocycles. The Morgan fingerprint density at radius 2 is 1.81 bits per heavy atom. The number of hydrogen-bond donors (Lipinski definition) is 2. The number of carbonyl (C=O) groups is 1. The van der Waals surface area contributed by atoms with Gasteiger partial charge in [-0.25, -0.2) is 9.18 Å². The van der Waals surface area contributed by atoms with E-state index in [-0.39, 0.29) is 5.69 Å². The topological polar surface area (TPSA) is 50.4 Å². The number of carbonyl (C=O) groups excluding carboxylic acids is 1. The molecule has 110 valence electrons. The molecule has 2 aromatic carbocycles. The van der Waals surface area contributed by atoms with Gasteiger partial charge in [-0.1, -0.05) is 27.5 Å². The predicted octanol–water partition coefficient (Wildman–Crippen LogP) is 4.89. The smallest absolute Gasteiger partial charge is 0.323 e. The van der Waals surface area contributed by atoms with Crippen LogP contribution in [0.25, 0.3) is 0 Å². The third-order valence-corrected chi connectivity index (χ3v) is 3.16. The minimum atomic E-state index is -0.517. The number of amides is 2. The van der Waals surface area contributed by atoms with Crippen molar-refractivity contribution in [1.29, 1.82) is 0 Å². The van der Waals surface area contributed by atoms with Crippen LogP contribution < -0.4 is 15.4 Å². The zero-order valence-corrected chi connectivity index (χ0v) is 13.3. The second-order valence-electron chi connectivity index (χ2n) is 4.12. The summed E-state index contributed by atoms with van der Waals surface area (Å²) < 4.78 is 19.0. The van der Waals surface area contributed by atoms with Crippen molar-refractivity contribution in [3.05, 3.63) is 51.7 Å². The Labute approximate surface area is 134 Å². The zero-order chi connectivity index (χ0) is 15.4. The van der Waals surface area contributed by atoms with E-state index in [1.54, 1.807) is 18.2 Å². The molecule has 2 N–H and O–H groups in total. The van der Waals surface area contributed by atoms with Gasteiger partial charge in [0, 0.05) is 33.0 Å². The Morgan fingerprint density at radius 3 is 2.43 bits per heavy atom. The Bertz CT molecular complexity index is 662. The quantitative estimate of drug-likeness (QED) is 0.804. The number of nitrogens with one attached hydrogen (secondary N) is 2. The van der Waals surface area contributed by atoms with Crippen LogP contribution in [0.1, 0.15) is 0 Å². The molecule has 21 heavy (non-hydrogen) atoms. The fourth-order valence-corrected chi connectivity index (χ4v) is 2.53. The molecule has 2 rings (SSSR count). The van der Waals surface area contributed by atoms with Crippen molar-refractivity contribution >= 4 is 44.9 Å². The number of urea groups is 1. The number of rotatable bonds is 3. The Hall–Kier alpha value is -1.79. The summed E-state index contributed by atoms with van der Waals surface area (Å²) in [4.78, 5) is 11.9. The molecule has 0 saturated carbocycles. The molecule has 7 heteroatoms. The van der Waals surface area contributed by atoms with Gasteiger partial charge in [0.2, 0.25) is 0 Å². The lowest BCUT2D eigenvalue weighted by molar-refractivity contribution is 0.262. The largest absolute Gasteiger partial charge is 0.497 e. The van der Waals surface area contributed by atoms with Gasteiger partial charge < -0.3 is 15.4 Å². The zero-order valence-electron chi connectivity index (χ0n) is 10.9. The first-order chi connectivity index (χ1) is 9.96. The van der Waals surface area contributed by atoms with Crippen molar-refractivity contribution in [2.75, 3.05) is 17.7 Å². The van der Waals surface area contributed by atoms with E-state index in [2.05, 4.69) is 26.6 Å². The highest BCUT2D eigenvalue weighted by molar-refractivity contribution is 9.10. The standard InChI is InChI=1S/C14H11BrClFN2O2/c1-21-13-6-10(17)5-12(7-13)19-14(20)18-11-3-8(15)2-9(16)4-11/h2-7H,1H3,(H2,18,19,20). The van der Waals surface area contributed by atoms with E-state index >= 15 is 0 Å². The number of methoxy groups -OCH3 is 1. The van der Waals surface area contributed by atoms with Crippen LogP contribution >= 0.6 is 27.5 Å². The number of benzene rings is 2. The van der Waals surface area contributed by atoms with Crippen LogP contribution in [0.2, 0.25) is 5.02 Å². The fraction of sp³-hybridized carbons (Fsp3) is 0.0714. The normalized spacial score (nSPS) is 10.1. The second kappa shape index (κ2) is 6.78. The second-order valence-corrected chi connectivity index (χ2v) is 5.47. The maximum atomic E-state index is 13.3. The lowest BCUT2D eigenvalue weighted by atomic mass is 10.3. The monoisotopic (exact) mass is 372 g/mol. The molecule has 0 aliphatic heterocycles. The summed E-state index contributed by atoms with van der Waals surface area (Å²) in [7, 11) is 1.42. The number of ether oxygens (including phenoxy) is 1. The minimum absolute atomic E-state index is 0.283. The summed E-state index contributed by atoms with van der Waals surface area (Å²) >= 11 is 9.16. The molecule has 0 radical (unpaired) electrons. The molecule has 0 bridgehead atoms. The van der Waals surface area contributed by atoms with Gasteiger partial charge in [0.05, 0.1) is 7.11 Å². The van der Waals surface area contributed by atoms with E-state index in [4.69, 9.17) is 16.3 Å². The van der Waals surface area contributed by atoms with E-state index in [0.717, 1.165) is 4.47 Å². The van der Waals surface area contributed by atoms with Gasteiger partial charge in [-0.2, -0.15) is 0 Å². The van der Waals surface area contributed by atoms with Crippen LogP contribution in [0, 0.1) is 5.82 Å². The van der Waals surface area contributed by atoms with Gasteiger partial charge in [-0.15, -0.1) is 0 Å². The van der Waals surface area contributed by atoms with Gasteiger partial charge in [0.15, 0.2) is 0 Å². The van der Waals surface area contributed by atoms with Crippen molar-refractivity contribution in [2.24, 2.45) is 0 Å². The van der Waals surface area contributed by atoms with Gasteiger partial charge >= 0.3 is 6.03 Å². The summed E-state index contributed by atoms with van der Waals surface area (Å²) in [5.41, 5.74) is 0.792. The van der Waals surface area contributed by atoms with E-state index in [1.807, 2.05) is 0 Å². The number of hydrogen-bond acceptors (Lipinski definition) is 2. The van der Waals surface area contributed by atoms with Crippen LogP contribution in [0.15, 0.2) is 40.9 Å². The summed E-state index contributed by atoms with van der Waals surface area (Å²) in [6.07, 6.45) is 0. The predicted molar refractivity (Wildman–Crippen MR) is 84.7 cm³/mol. The lowest BCUT2D eigenvalue weighted by Gasteiger charge is -2.10. The molecule has 0 aliphatic rings. The van der Waals surface area contributed by atoms with Crippen LogP contribution in [-0.4, -0.2) is 13.1 Å². The first-order valence-corrected chi connectivity index (χ1v) is 7.02. The third-order valence-electron chi connectivity index (χ3n) is 2.49. The average Bonchev–Trinajstić information content (AvgIpc) is 2.36. The molecule has 2 amide bonds. The van der Waals surface area contributed by atoms with Crippen LogP contribution in [0.3, 0.4) is 0 Å². The van der Waals surface area contributed by atoms with E-state index in [9.17, 15) is 9.18 Å². The molecule has 0 fully saturated rings. The van der Waals surface area contributed by atoms with E-state index in [0.29, 0.717) is 16.5 Å². The van der Waals surface area contributed by atoms with Crippen molar-refractivity contribution in [1.82, 2.24) is 0 Å². The molecule has 0 spiro atoms. The van der Waals surface area contributed by atoms with Crippen molar-refractivity contribution in [3.8, 4) is 5.75 Å². The maximum Gasteiger partial charge on any atom is 0.323 e. The molecular formula is C14H11BrClFN2O2. The number of halogens is 3. The molecule has 0 heterocycles. The van der Waals surface area contributed by atoms with Crippen LogP contribution in [-0.2, 0) is 0 Å². The highest BCUT2D eigenvalue weighted by atomic mass is 79.9. The van der Waals surface area contributed by atoms with Gasteiger partial charge in [-0.3, -0.25) is 0 Å². The fourth-order valence-electron chi connectivity index (χ4n) is 1.67. The van der Waals surface area contributed by atoms with Crippen LogP contribution in [0.4, 0.5) is 20.6 Å². The van der Waals surface area contributed by atoms with Crippen molar-refractivity contribution < 1.29 is 13.9 Å². The maximum absolute atomic E-state index is 13.3. The first-order valence-electron chi connectivity index (χ1n) is 5.85. The first kappa shape index (κ1) is 15.6. The van der Waals surface area contributed by atoms with Gasteiger partial charge in [-0.05, 0) is 24.3 Å². The highest BCUT2D eigenvalue weighted by Crippen LogP contribution is 2.23. The van der Waals surface area contributed by atoms with E-state index in [1.165, 1.54) is 25.3 Å². The minimum Gasteiger partial charge on any atom is -0.497 e. The Kier molecular flexibility index (Phi) is 5.03. The molecule has 0 atom stereocenters. The third kappa shape index (κ3) is 4.61. The molecule has 4 nitrogen and oxygen atoms in total. The summed E-state index contributed by atoms with van der Waals surface area (Å²) in [6.45, 7) is 0. The Morgan fingerprint density at radius 1 is 1.14 bits per heavy atom. The molecule has 0 aromatic heterocycles. The Balaban J connectivity index is 2.09. The van der Waals surface area contributed by atoms with Crippen LogP contribution in [0.5, 0.6) is 5.75 Å². The van der Waals surface area contributed by atoms with Crippen molar-refractivity contribution in [3.63, 3.8) is 0 Å². The molecular weight excluding hydrogens is 363 g/mol.